The summed E-state index contributed by atoms with van der Waals surface area (Å²) in [5.74, 6) is 1.26. The van der Waals surface area contributed by atoms with Gasteiger partial charge in [0, 0.05) is 25.7 Å². The molecule has 8 bridgehead atoms. The maximum Gasteiger partial charge on any atom is 0.343 e. The number of fused-ring (bicyclic) bond motifs is 8. The highest BCUT2D eigenvalue weighted by atomic mass is 16.5. The van der Waals surface area contributed by atoms with E-state index in [1.807, 2.05) is 84.9 Å². The molecule has 1 aliphatic rings. The van der Waals surface area contributed by atoms with Crippen molar-refractivity contribution in [1.82, 2.24) is 0 Å². The number of phenols is 2. The van der Waals surface area contributed by atoms with Gasteiger partial charge < -0.3 is 19.7 Å². The van der Waals surface area contributed by atoms with Crippen molar-refractivity contribution in [2.75, 3.05) is 6.61 Å². The zero-order valence-corrected chi connectivity index (χ0v) is 24.9. The number of para-hydroxylation sites is 4. The summed E-state index contributed by atoms with van der Waals surface area (Å²) in [4.78, 5) is 13.4. The third-order valence-electron chi connectivity index (χ3n) is 8.23. The van der Waals surface area contributed by atoms with Crippen molar-refractivity contribution in [3.8, 4) is 23.0 Å². The summed E-state index contributed by atoms with van der Waals surface area (Å²) in [6, 6.07) is 32.4. The Morgan fingerprint density at radius 3 is 1.45 bits per heavy atom. The lowest BCUT2D eigenvalue weighted by Gasteiger charge is -2.20. The van der Waals surface area contributed by atoms with Gasteiger partial charge in [-0.15, -0.1) is 0 Å². The van der Waals surface area contributed by atoms with Crippen molar-refractivity contribution in [3.05, 3.63) is 153 Å². The van der Waals surface area contributed by atoms with E-state index >= 15 is 0 Å². The molecule has 0 aliphatic heterocycles. The largest absolute Gasteiger partial charge is 0.507 e. The van der Waals surface area contributed by atoms with Gasteiger partial charge >= 0.3 is 5.97 Å². The Kier molecular flexibility index (Phi) is 8.64. The number of rotatable bonds is 6. The molecule has 0 radical (unpaired) electrons. The van der Waals surface area contributed by atoms with Crippen LogP contribution in [0.15, 0.2) is 103 Å². The molecule has 5 aromatic rings. The number of esters is 1. The van der Waals surface area contributed by atoms with Gasteiger partial charge in [-0.05, 0) is 63.1 Å². The Hall–Kier alpha value is -5.03. The normalized spacial score (nSPS) is 12.4. The van der Waals surface area contributed by atoms with Gasteiger partial charge in [0.05, 0.1) is 12.2 Å². The average Bonchev–Trinajstić information content (AvgIpc) is 3.03. The van der Waals surface area contributed by atoms with Gasteiger partial charge in [0.25, 0.3) is 0 Å². The summed E-state index contributed by atoms with van der Waals surface area (Å²) >= 11 is 0. The standard InChI is InChI=1S/C39H36O5/c1-2-3-21-43-37-31-17-9-18-32(37)25-34-20-10-19-33(38(34)44-39(42)26-11-5-4-6-12-26)24-30-16-8-14-28(36(30)41)22-27-13-7-15-29(23-31)35(27)40/h4-20,40-41H,2-3,21-25H2,1H3. The van der Waals surface area contributed by atoms with Crippen LogP contribution < -0.4 is 9.47 Å². The van der Waals surface area contributed by atoms with Crippen molar-refractivity contribution in [2.24, 2.45) is 0 Å². The van der Waals surface area contributed by atoms with E-state index in [1.165, 1.54) is 0 Å². The van der Waals surface area contributed by atoms with E-state index in [-0.39, 0.29) is 11.5 Å². The minimum absolute atomic E-state index is 0.173. The molecule has 44 heavy (non-hydrogen) atoms. The van der Waals surface area contributed by atoms with Crippen LogP contribution in [-0.4, -0.2) is 22.8 Å². The molecule has 5 aromatic carbocycles. The first-order valence-electron chi connectivity index (χ1n) is 15.2. The van der Waals surface area contributed by atoms with Crippen LogP contribution in [0.2, 0.25) is 0 Å². The summed E-state index contributed by atoms with van der Waals surface area (Å²) < 4.78 is 12.6. The lowest BCUT2D eigenvalue weighted by Crippen LogP contribution is -2.12. The molecule has 1 aliphatic carbocycles. The van der Waals surface area contributed by atoms with Gasteiger partial charge in [0.15, 0.2) is 0 Å². The molecule has 222 valence electrons. The third kappa shape index (κ3) is 6.18. The predicted octanol–water partition coefficient (Wildman–Crippen LogP) is 8.17. The molecule has 0 spiro atoms. The van der Waals surface area contributed by atoms with Crippen LogP contribution >= 0.6 is 0 Å². The molecular weight excluding hydrogens is 548 g/mol. The molecule has 0 fully saturated rings. The highest BCUT2D eigenvalue weighted by Crippen LogP contribution is 2.38. The maximum absolute atomic E-state index is 13.4. The number of hydrogen-bond acceptors (Lipinski definition) is 5. The molecule has 5 heteroatoms. The zero-order chi connectivity index (χ0) is 30.5. The Labute approximate surface area is 258 Å². The summed E-state index contributed by atoms with van der Waals surface area (Å²) in [6.45, 7) is 2.71. The topological polar surface area (TPSA) is 76.0 Å². The Bertz CT molecular complexity index is 1790. The second-order valence-electron chi connectivity index (χ2n) is 11.3. The van der Waals surface area contributed by atoms with Crippen LogP contribution in [-0.2, 0) is 25.7 Å². The summed E-state index contributed by atoms with van der Waals surface area (Å²) in [6.07, 6.45) is 3.61. The van der Waals surface area contributed by atoms with Crippen LogP contribution in [0.3, 0.4) is 0 Å². The van der Waals surface area contributed by atoms with Crippen LogP contribution in [0.1, 0.15) is 74.6 Å². The highest BCUT2D eigenvalue weighted by Gasteiger charge is 2.21. The van der Waals surface area contributed by atoms with Crippen molar-refractivity contribution < 1.29 is 24.5 Å². The molecule has 0 atom stereocenters. The van der Waals surface area contributed by atoms with Crippen molar-refractivity contribution in [1.29, 1.82) is 0 Å². The Morgan fingerprint density at radius 1 is 0.568 bits per heavy atom. The first kappa shape index (κ1) is 29.1. The molecule has 0 saturated carbocycles. The first-order valence-corrected chi connectivity index (χ1v) is 15.2. The Balaban J connectivity index is 1.53. The average molecular weight is 585 g/mol. The second-order valence-corrected chi connectivity index (χ2v) is 11.3. The van der Waals surface area contributed by atoms with E-state index in [0.717, 1.165) is 52.0 Å². The monoisotopic (exact) mass is 584 g/mol. The van der Waals surface area contributed by atoms with Crippen LogP contribution in [0.4, 0.5) is 0 Å². The number of carbonyl (C=O) groups is 1. The maximum atomic E-state index is 13.4. The number of phenolic OH excluding ortho intramolecular Hbond substituents is 2. The van der Waals surface area contributed by atoms with E-state index in [2.05, 4.69) is 13.0 Å². The molecule has 0 amide bonds. The number of benzene rings is 5. The van der Waals surface area contributed by atoms with Crippen molar-refractivity contribution in [2.45, 2.75) is 45.4 Å². The van der Waals surface area contributed by atoms with Gasteiger partial charge in [-0.1, -0.05) is 104 Å². The van der Waals surface area contributed by atoms with Crippen LogP contribution in [0.5, 0.6) is 23.0 Å². The highest BCUT2D eigenvalue weighted by molar-refractivity contribution is 5.91. The van der Waals surface area contributed by atoms with Gasteiger partial charge in [-0.2, -0.15) is 0 Å². The minimum Gasteiger partial charge on any atom is -0.507 e. The molecule has 2 N–H and O–H groups in total. The molecule has 6 rings (SSSR count). The van der Waals surface area contributed by atoms with E-state index in [1.54, 1.807) is 12.1 Å². The van der Waals surface area contributed by atoms with Gasteiger partial charge in [0.2, 0.25) is 0 Å². The first-order chi connectivity index (χ1) is 21.5. The third-order valence-corrected chi connectivity index (χ3v) is 8.23. The van der Waals surface area contributed by atoms with E-state index in [4.69, 9.17) is 9.47 Å². The predicted molar refractivity (Wildman–Crippen MR) is 172 cm³/mol. The van der Waals surface area contributed by atoms with E-state index in [9.17, 15) is 15.0 Å². The number of unbranched alkanes of at least 4 members (excludes halogenated alkanes) is 1. The molecule has 0 saturated heterocycles. The molecule has 0 heterocycles. The van der Waals surface area contributed by atoms with E-state index < -0.39 is 5.97 Å². The molecular formula is C39H36O5. The minimum atomic E-state index is -0.436. The SMILES string of the molecule is CCCCOc1c2cccc1Cc1cccc(c1OC(=O)c1ccccc1)Cc1cccc(c1O)Cc1cccc(c1O)C2. The van der Waals surface area contributed by atoms with Gasteiger partial charge in [0.1, 0.15) is 23.0 Å². The fourth-order valence-corrected chi connectivity index (χ4v) is 5.87. The van der Waals surface area contributed by atoms with Crippen molar-refractivity contribution in [3.63, 3.8) is 0 Å². The van der Waals surface area contributed by atoms with Crippen LogP contribution in [0.25, 0.3) is 0 Å². The quantitative estimate of drug-likeness (QED) is 0.117. The molecule has 5 nitrogen and oxygen atoms in total. The molecule has 0 unspecified atom stereocenters. The Morgan fingerprint density at radius 2 is 0.977 bits per heavy atom. The summed E-state index contributed by atoms with van der Waals surface area (Å²) in [5, 5.41) is 22.8. The smallest absolute Gasteiger partial charge is 0.343 e. The number of ether oxygens (including phenoxy) is 2. The summed E-state index contributed by atoms with van der Waals surface area (Å²) in [5.41, 5.74) is 7.01. The fraction of sp³-hybridized carbons (Fsp3) is 0.205. The zero-order valence-electron chi connectivity index (χ0n) is 24.9. The summed E-state index contributed by atoms with van der Waals surface area (Å²) in [7, 11) is 0. The number of hydrogen-bond donors (Lipinski definition) is 2. The second kappa shape index (κ2) is 13.1. The van der Waals surface area contributed by atoms with Gasteiger partial charge in [-0.25, -0.2) is 4.79 Å². The van der Waals surface area contributed by atoms with Gasteiger partial charge in [-0.3, -0.25) is 0 Å². The number of aromatic hydroxyl groups is 2. The number of carbonyl (C=O) groups excluding carboxylic acids is 1. The van der Waals surface area contributed by atoms with Crippen molar-refractivity contribution >= 4 is 5.97 Å². The lowest BCUT2D eigenvalue weighted by molar-refractivity contribution is 0.0731. The van der Waals surface area contributed by atoms with Crippen LogP contribution in [0, 0.1) is 0 Å². The molecule has 0 aromatic heterocycles. The van der Waals surface area contributed by atoms with E-state index in [0.29, 0.717) is 54.7 Å². The lowest BCUT2D eigenvalue weighted by atomic mass is 9.91. The fourth-order valence-electron chi connectivity index (χ4n) is 5.87.